The lowest BCUT2D eigenvalue weighted by Gasteiger charge is -2.33. The Hall–Kier alpha value is -0.0800. The van der Waals surface area contributed by atoms with Gasteiger partial charge in [-0.3, -0.25) is 4.99 Å². The molecule has 0 amide bonds. The van der Waals surface area contributed by atoms with Gasteiger partial charge < -0.3 is 19.9 Å². The summed E-state index contributed by atoms with van der Waals surface area (Å²) in [5.41, 5.74) is 0. The number of rotatable bonds is 8. The molecule has 2 fully saturated rings. The number of halogens is 1. The van der Waals surface area contributed by atoms with E-state index in [4.69, 9.17) is 9.73 Å². The number of nitrogens with zero attached hydrogens (tertiary/aromatic N) is 3. The van der Waals surface area contributed by atoms with Crippen molar-refractivity contribution in [2.45, 2.75) is 58.4 Å². The van der Waals surface area contributed by atoms with E-state index in [2.05, 4.69) is 36.0 Å². The molecule has 2 aliphatic heterocycles. The van der Waals surface area contributed by atoms with Crippen molar-refractivity contribution in [3.05, 3.63) is 0 Å². The molecule has 0 radical (unpaired) electrons. The van der Waals surface area contributed by atoms with Gasteiger partial charge in [-0.05, 0) is 59.0 Å². The Balaban J connectivity index is 0.00000312. The third-order valence-electron chi connectivity index (χ3n) is 5.31. The Kier molecular flexibility index (Phi) is 12.1. The molecular weight excluding hydrogens is 427 g/mol. The number of unbranched alkanes of at least 4 members (excludes halogenated alkanes) is 1. The SMILES string of the molecule is CCNC(=NCCCCN1CCCCC1C)N(C)CC1CCOC1.I. The lowest BCUT2D eigenvalue weighted by Crippen LogP contribution is -2.41. The van der Waals surface area contributed by atoms with Crippen LogP contribution in [0, 0.1) is 5.92 Å². The fourth-order valence-electron chi connectivity index (χ4n) is 3.77. The van der Waals surface area contributed by atoms with Crippen molar-refractivity contribution in [3.8, 4) is 0 Å². The largest absolute Gasteiger partial charge is 0.381 e. The summed E-state index contributed by atoms with van der Waals surface area (Å²) in [5, 5.41) is 3.43. The van der Waals surface area contributed by atoms with Crippen LogP contribution >= 0.6 is 24.0 Å². The van der Waals surface area contributed by atoms with Crippen molar-refractivity contribution >= 4 is 29.9 Å². The topological polar surface area (TPSA) is 40.1 Å². The molecule has 5 nitrogen and oxygen atoms in total. The van der Waals surface area contributed by atoms with Crippen molar-refractivity contribution in [3.63, 3.8) is 0 Å². The molecular formula is C19H39IN4O. The van der Waals surface area contributed by atoms with Crippen molar-refractivity contribution < 1.29 is 4.74 Å². The first-order valence-electron chi connectivity index (χ1n) is 10.0. The molecule has 0 aromatic carbocycles. The molecule has 2 atom stereocenters. The molecule has 0 saturated carbocycles. The molecule has 2 rings (SSSR count). The minimum atomic E-state index is 0. The maximum atomic E-state index is 5.49. The Morgan fingerprint density at radius 1 is 1.28 bits per heavy atom. The number of aliphatic imine (C=N–C) groups is 1. The lowest BCUT2D eigenvalue weighted by molar-refractivity contribution is 0.158. The van der Waals surface area contributed by atoms with E-state index in [-0.39, 0.29) is 24.0 Å². The zero-order valence-electron chi connectivity index (χ0n) is 16.5. The van der Waals surface area contributed by atoms with Gasteiger partial charge in [-0.2, -0.15) is 0 Å². The highest BCUT2D eigenvalue weighted by atomic mass is 127. The smallest absolute Gasteiger partial charge is 0.193 e. The van der Waals surface area contributed by atoms with Crippen molar-refractivity contribution in [1.29, 1.82) is 0 Å². The minimum absolute atomic E-state index is 0. The second-order valence-corrected chi connectivity index (χ2v) is 7.43. The predicted octanol–water partition coefficient (Wildman–Crippen LogP) is 3.19. The third-order valence-corrected chi connectivity index (χ3v) is 5.31. The van der Waals surface area contributed by atoms with E-state index in [0.717, 1.165) is 44.8 Å². The van der Waals surface area contributed by atoms with E-state index < -0.39 is 0 Å². The van der Waals surface area contributed by atoms with Crippen LogP contribution in [0.15, 0.2) is 4.99 Å². The van der Waals surface area contributed by atoms with Gasteiger partial charge in [0.1, 0.15) is 0 Å². The zero-order chi connectivity index (χ0) is 17.2. The molecule has 0 aromatic heterocycles. The quantitative estimate of drug-likeness (QED) is 0.258. The Morgan fingerprint density at radius 3 is 2.80 bits per heavy atom. The van der Waals surface area contributed by atoms with Gasteiger partial charge in [0.2, 0.25) is 0 Å². The van der Waals surface area contributed by atoms with E-state index in [9.17, 15) is 0 Å². The van der Waals surface area contributed by atoms with Crippen molar-refractivity contribution in [2.75, 3.05) is 53.0 Å². The van der Waals surface area contributed by atoms with Gasteiger partial charge >= 0.3 is 0 Å². The standard InChI is InChI=1S/C19H38N4O.HI/c1-4-20-19(22(3)15-18-10-14-24-16-18)21-11-6-8-13-23-12-7-5-9-17(23)2;/h17-18H,4-16H2,1-3H3,(H,20,21);1H. The minimum Gasteiger partial charge on any atom is -0.381 e. The van der Waals surface area contributed by atoms with Crippen LogP contribution in [0.4, 0.5) is 0 Å². The van der Waals surface area contributed by atoms with Crippen LogP contribution in [0.3, 0.4) is 0 Å². The zero-order valence-corrected chi connectivity index (χ0v) is 18.8. The van der Waals surface area contributed by atoms with Crippen molar-refractivity contribution in [2.24, 2.45) is 10.9 Å². The highest BCUT2D eigenvalue weighted by molar-refractivity contribution is 14.0. The first kappa shape index (κ1) is 23.0. The molecule has 148 valence electrons. The van der Waals surface area contributed by atoms with Crippen LogP contribution in [0.1, 0.15) is 52.4 Å². The number of likely N-dealkylation sites (tertiary alicyclic amines) is 1. The van der Waals surface area contributed by atoms with E-state index in [1.807, 2.05) is 0 Å². The summed E-state index contributed by atoms with van der Waals surface area (Å²) >= 11 is 0. The van der Waals surface area contributed by atoms with Crippen LogP contribution in [0.25, 0.3) is 0 Å². The lowest BCUT2D eigenvalue weighted by atomic mass is 10.0. The van der Waals surface area contributed by atoms with Gasteiger partial charge in [-0.1, -0.05) is 6.42 Å². The molecule has 2 aliphatic rings. The molecule has 0 aromatic rings. The summed E-state index contributed by atoms with van der Waals surface area (Å²) in [6.07, 6.45) is 7.77. The monoisotopic (exact) mass is 466 g/mol. The van der Waals surface area contributed by atoms with E-state index in [1.165, 1.54) is 51.6 Å². The first-order valence-corrected chi connectivity index (χ1v) is 10.0. The third kappa shape index (κ3) is 8.43. The average Bonchev–Trinajstić information content (AvgIpc) is 3.08. The predicted molar refractivity (Wildman–Crippen MR) is 117 cm³/mol. The highest BCUT2D eigenvalue weighted by Gasteiger charge is 2.19. The number of hydrogen-bond acceptors (Lipinski definition) is 3. The van der Waals surface area contributed by atoms with Gasteiger partial charge in [-0.25, -0.2) is 0 Å². The molecule has 0 aliphatic carbocycles. The van der Waals surface area contributed by atoms with Crippen molar-refractivity contribution in [1.82, 2.24) is 15.1 Å². The first-order chi connectivity index (χ1) is 11.7. The van der Waals surface area contributed by atoms with Crippen LogP contribution in [0.2, 0.25) is 0 Å². The van der Waals surface area contributed by atoms with Crippen LogP contribution in [-0.4, -0.2) is 74.8 Å². The Morgan fingerprint density at radius 2 is 2.12 bits per heavy atom. The summed E-state index contributed by atoms with van der Waals surface area (Å²) in [6, 6.07) is 0.777. The summed E-state index contributed by atoms with van der Waals surface area (Å²) in [4.78, 5) is 9.76. The average molecular weight is 466 g/mol. The molecule has 2 unspecified atom stereocenters. The van der Waals surface area contributed by atoms with Crippen LogP contribution in [0.5, 0.6) is 0 Å². The van der Waals surface area contributed by atoms with Gasteiger partial charge in [0.25, 0.3) is 0 Å². The van der Waals surface area contributed by atoms with Crippen LogP contribution in [-0.2, 0) is 4.74 Å². The molecule has 2 saturated heterocycles. The summed E-state index contributed by atoms with van der Waals surface area (Å²) < 4.78 is 5.49. The summed E-state index contributed by atoms with van der Waals surface area (Å²) in [7, 11) is 2.15. The number of nitrogens with one attached hydrogen (secondary N) is 1. The summed E-state index contributed by atoms with van der Waals surface area (Å²) in [5.74, 6) is 1.70. The number of guanidine groups is 1. The van der Waals surface area contributed by atoms with E-state index >= 15 is 0 Å². The normalized spacial score (nSPS) is 24.8. The Labute approximate surface area is 172 Å². The van der Waals surface area contributed by atoms with E-state index in [0.29, 0.717) is 5.92 Å². The number of hydrogen-bond donors (Lipinski definition) is 1. The molecule has 0 spiro atoms. The Bertz CT molecular complexity index is 374. The fourth-order valence-corrected chi connectivity index (χ4v) is 3.77. The molecule has 25 heavy (non-hydrogen) atoms. The summed E-state index contributed by atoms with van der Waals surface area (Å²) in [6.45, 7) is 11.8. The van der Waals surface area contributed by atoms with Crippen LogP contribution < -0.4 is 5.32 Å². The maximum Gasteiger partial charge on any atom is 0.193 e. The molecule has 6 heteroatoms. The van der Waals surface area contributed by atoms with Gasteiger partial charge in [-0.15, -0.1) is 24.0 Å². The fraction of sp³-hybridized carbons (Fsp3) is 0.947. The molecule has 1 N–H and O–H groups in total. The van der Waals surface area contributed by atoms with Gasteiger partial charge in [0.05, 0.1) is 6.61 Å². The van der Waals surface area contributed by atoms with E-state index in [1.54, 1.807) is 0 Å². The molecule has 2 heterocycles. The van der Waals surface area contributed by atoms with Gasteiger partial charge in [0, 0.05) is 45.2 Å². The second kappa shape index (κ2) is 13.1. The molecule has 0 bridgehead atoms. The number of ether oxygens (including phenoxy) is 1. The highest BCUT2D eigenvalue weighted by Crippen LogP contribution is 2.16. The maximum absolute atomic E-state index is 5.49. The number of piperidine rings is 1. The van der Waals surface area contributed by atoms with Gasteiger partial charge in [0.15, 0.2) is 5.96 Å². The second-order valence-electron chi connectivity index (χ2n) is 7.43.